The van der Waals surface area contributed by atoms with Gasteiger partial charge in [-0.05, 0) is 60.7 Å². The van der Waals surface area contributed by atoms with Crippen molar-refractivity contribution in [1.29, 1.82) is 0 Å². The van der Waals surface area contributed by atoms with Crippen molar-refractivity contribution in [2.24, 2.45) is 0 Å². The molecule has 0 aliphatic carbocycles. The molecular weight excluding hydrogens is 546 g/mol. The largest absolute Gasteiger partial charge is 0.309 e. The molecule has 210 valence electrons. The molecule has 3 heterocycles. The van der Waals surface area contributed by atoms with E-state index in [1.807, 2.05) is 0 Å². The summed E-state index contributed by atoms with van der Waals surface area (Å²) in [4.78, 5) is 0. The van der Waals surface area contributed by atoms with E-state index in [4.69, 9.17) is 0 Å². The molecule has 7 aromatic carbocycles. The molecule has 0 saturated carbocycles. The van der Waals surface area contributed by atoms with E-state index >= 15 is 0 Å². The van der Waals surface area contributed by atoms with Gasteiger partial charge >= 0.3 is 0 Å². The summed E-state index contributed by atoms with van der Waals surface area (Å²) in [6.45, 7) is 0. The molecule has 10 rings (SSSR count). The summed E-state index contributed by atoms with van der Waals surface area (Å²) < 4.78 is 7.30. The van der Waals surface area contributed by atoms with Gasteiger partial charge in [-0.3, -0.25) is 0 Å². The second-order valence-electron chi connectivity index (χ2n) is 11.8. The molecule has 3 heteroatoms. The Kier molecular flexibility index (Phi) is 5.00. The number of benzene rings is 7. The van der Waals surface area contributed by atoms with Gasteiger partial charge in [0.25, 0.3) is 0 Å². The average Bonchev–Trinajstić information content (AvgIpc) is 3.74. The van der Waals surface area contributed by atoms with Gasteiger partial charge in [0.05, 0.1) is 38.8 Å². The molecule has 0 radical (unpaired) electrons. The fraction of sp³-hybridized carbons (Fsp3) is 0. The minimum Gasteiger partial charge on any atom is -0.309 e. The number of para-hydroxylation sites is 6. The molecule has 0 N–H and O–H groups in total. The minimum absolute atomic E-state index is 1.15. The summed E-state index contributed by atoms with van der Waals surface area (Å²) in [5.41, 5.74) is 10.7. The van der Waals surface area contributed by atoms with Crippen LogP contribution in [0.25, 0.3) is 82.5 Å². The van der Waals surface area contributed by atoms with Crippen LogP contribution in [0, 0.1) is 0 Å². The van der Waals surface area contributed by atoms with Crippen molar-refractivity contribution < 1.29 is 0 Å². The van der Waals surface area contributed by atoms with Crippen LogP contribution in [-0.4, -0.2) is 13.7 Å². The molecule has 0 spiro atoms. The van der Waals surface area contributed by atoms with Crippen LogP contribution in [-0.2, 0) is 0 Å². The van der Waals surface area contributed by atoms with E-state index in [1.54, 1.807) is 0 Å². The summed E-state index contributed by atoms with van der Waals surface area (Å²) >= 11 is 0. The van der Waals surface area contributed by atoms with E-state index < -0.39 is 0 Å². The molecule has 3 nitrogen and oxygen atoms in total. The summed E-state index contributed by atoms with van der Waals surface area (Å²) in [5.74, 6) is 0. The first-order valence-corrected chi connectivity index (χ1v) is 15.5. The standard InChI is InChI=1S/C42H27N3/c1-2-13-28(14-3-1)43-36-20-8-7-18-33(36)35-27-29(25-26-40(35)43)44-37-21-9-6-17-32(37)34-19-12-24-41(42(34)44)45-38-22-10-4-15-30(38)31-16-5-11-23-39(31)45/h1-27H. The van der Waals surface area contributed by atoms with Crippen LogP contribution in [0.2, 0.25) is 0 Å². The summed E-state index contributed by atoms with van der Waals surface area (Å²) in [5, 5.41) is 7.53. The predicted molar refractivity (Wildman–Crippen MR) is 189 cm³/mol. The van der Waals surface area contributed by atoms with Gasteiger partial charge in [-0.1, -0.05) is 103 Å². The normalized spacial score (nSPS) is 12.0. The Morgan fingerprint density at radius 3 is 1.38 bits per heavy atom. The maximum absolute atomic E-state index is 2.47. The summed E-state index contributed by atoms with van der Waals surface area (Å²) in [6, 6.07) is 59.4. The number of nitrogens with zero attached hydrogens (tertiary/aromatic N) is 3. The molecule has 0 amide bonds. The van der Waals surface area contributed by atoms with Gasteiger partial charge in [0, 0.05) is 43.7 Å². The molecule has 0 fully saturated rings. The van der Waals surface area contributed by atoms with Crippen LogP contribution >= 0.6 is 0 Å². The number of aromatic nitrogens is 3. The van der Waals surface area contributed by atoms with Crippen molar-refractivity contribution in [2.75, 3.05) is 0 Å². The first-order valence-electron chi connectivity index (χ1n) is 15.5. The lowest BCUT2D eigenvalue weighted by atomic mass is 10.1. The molecule has 0 unspecified atom stereocenters. The lowest BCUT2D eigenvalue weighted by Crippen LogP contribution is -2.00. The predicted octanol–water partition coefficient (Wildman–Crippen LogP) is 11.0. The van der Waals surface area contributed by atoms with Gasteiger partial charge in [-0.25, -0.2) is 0 Å². The average molecular weight is 574 g/mol. The zero-order valence-electron chi connectivity index (χ0n) is 24.4. The van der Waals surface area contributed by atoms with Gasteiger partial charge in [-0.2, -0.15) is 0 Å². The second-order valence-corrected chi connectivity index (χ2v) is 11.8. The third kappa shape index (κ3) is 3.35. The topological polar surface area (TPSA) is 14.8 Å². The third-order valence-electron chi connectivity index (χ3n) is 9.42. The fourth-order valence-corrected chi connectivity index (χ4v) is 7.59. The highest BCUT2D eigenvalue weighted by molar-refractivity contribution is 6.16. The van der Waals surface area contributed by atoms with E-state index in [0.29, 0.717) is 0 Å². The Balaban J connectivity index is 1.34. The van der Waals surface area contributed by atoms with E-state index in [1.165, 1.54) is 76.8 Å². The first-order chi connectivity index (χ1) is 22.4. The molecule has 0 aliphatic heterocycles. The van der Waals surface area contributed by atoms with E-state index in [2.05, 4.69) is 177 Å². The van der Waals surface area contributed by atoms with Gasteiger partial charge in [0.15, 0.2) is 0 Å². The molecule has 10 aromatic rings. The molecule has 0 aliphatic rings. The van der Waals surface area contributed by atoms with Gasteiger partial charge in [-0.15, -0.1) is 0 Å². The third-order valence-corrected chi connectivity index (χ3v) is 9.42. The van der Waals surface area contributed by atoms with Crippen LogP contribution in [0.5, 0.6) is 0 Å². The van der Waals surface area contributed by atoms with Crippen LogP contribution in [0.1, 0.15) is 0 Å². The maximum atomic E-state index is 2.47. The van der Waals surface area contributed by atoms with Crippen LogP contribution in [0.4, 0.5) is 0 Å². The quantitative estimate of drug-likeness (QED) is 0.200. The Hall–Kier alpha value is -6.06. The second kappa shape index (κ2) is 9.22. The van der Waals surface area contributed by atoms with Crippen molar-refractivity contribution in [3.8, 4) is 17.1 Å². The van der Waals surface area contributed by atoms with Gasteiger partial charge < -0.3 is 13.7 Å². The van der Waals surface area contributed by atoms with Crippen LogP contribution in [0.3, 0.4) is 0 Å². The van der Waals surface area contributed by atoms with Gasteiger partial charge in [0.1, 0.15) is 0 Å². The number of rotatable bonds is 3. The molecule has 45 heavy (non-hydrogen) atoms. The summed E-state index contributed by atoms with van der Waals surface area (Å²) in [6.07, 6.45) is 0. The molecule has 0 atom stereocenters. The lowest BCUT2D eigenvalue weighted by molar-refractivity contribution is 1.13. The van der Waals surface area contributed by atoms with Crippen molar-refractivity contribution in [1.82, 2.24) is 13.7 Å². The Bertz CT molecular complexity index is 2700. The van der Waals surface area contributed by atoms with E-state index in [9.17, 15) is 0 Å². The zero-order chi connectivity index (χ0) is 29.5. The maximum Gasteiger partial charge on any atom is 0.0782 e. The Morgan fingerprint density at radius 1 is 0.267 bits per heavy atom. The highest BCUT2D eigenvalue weighted by Crippen LogP contribution is 2.41. The number of hydrogen-bond acceptors (Lipinski definition) is 0. The monoisotopic (exact) mass is 573 g/mol. The van der Waals surface area contributed by atoms with Crippen molar-refractivity contribution in [3.05, 3.63) is 164 Å². The highest BCUT2D eigenvalue weighted by Gasteiger charge is 2.20. The molecule has 0 bridgehead atoms. The first kappa shape index (κ1) is 24.4. The van der Waals surface area contributed by atoms with Gasteiger partial charge in [0.2, 0.25) is 0 Å². The molecular formula is C42H27N3. The lowest BCUT2D eigenvalue weighted by Gasteiger charge is -2.15. The zero-order valence-corrected chi connectivity index (χ0v) is 24.4. The smallest absolute Gasteiger partial charge is 0.0782 e. The highest BCUT2D eigenvalue weighted by atomic mass is 15.1. The number of hydrogen-bond donors (Lipinski definition) is 0. The fourth-order valence-electron chi connectivity index (χ4n) is 7.59. The van der Waals surface area contributed by atoms with Crippen molar-refractivity contribution >= 4 is 65.4 Å². The van der Waals surface area contributed by atoms with E-state index in [-0.39, 0.29) is 0 Å². The van der Waals surface area contributed by atoms with Crippen LogP contribution < -0.4 is 0 Å². The minimum atomic E-state index is 1.15. The molecule has 3 aromatic heterocycles. The SMILES string of the molecule is c1ccc(-n2c3ccccc3c3cc(-n4c5ccccc5c5cccc(-n6c7ccccc7c7ccccc76)c54)ccc32)cc1. The molecule has 0 saturated heterocycles. The van der Waals surface area contributed by atoms with Crippen molar-refractivity contribution in [3.63, 3.8) is 0 Å². The summed E-state index contributed by atoms with van der Waals surface area (Å²) in [7, 11) is 0. The Morgan fingerprint density at radius 2 is 0.733 bits per heavy atom. The van der Waals surface area contributed by atoms with Crippen molar-refractivity contribution in [2.45, 2.75) is 0 Å². The van der Waals surface area contributed by atoms with Crippen LogP contribution in [0.15, 0.2) is 164 Å². The Labute approximate surface area is 259 Å². The number of fused-ring (bicyclic) bond motifs is 9. The van der Waals surface area contributed by atoms with E-state index in [0.717, 1.165) is 5.69 Å².